The largest absolute Gasteiger partial charge is 0.323 e. The van der Waals surface area contributed by atoms with E-state index in [1.165, 1.54) is 17.4 Å². The highest BCUT2D eigenvalue weighted by Gasteiger charge is 2.16. The molecule has 1 fully saturated rings. The molecule has 0 bridgehead atoms. The van der Waals surface area contributed by atoms with Crippen LogP contribution in [0, 0.1) is 0 Å². The van der Waals surface area contributed by atoms with Crippen molar-refractivity contribution >= 4 is 36.4 Å². The average Bonchev–Trinajstić information content (AvgIpc) is 3.19. The lowest BCUT2D eigenvalue weighted by molar-refractivity contribution is -0.116. The number of anilines is 1. The number of halogens is 2. The molecule has 3 rings (SSSR count). The Morgan fingerprint density at radius 3 is 3.00 bits per heavy atom. The zero-order valence-corrected chi connectivity index (χ0v) is 14.1. The number of aromatic nitrogens is 4. The molecule has 1 unspecified atom stereocenters. The third-order valence-electron chi connectivity index (χ3n) is 3.58. The molecular weight excluding hydrogens is 339 g/mol. The molecule has 1 aliphatic rings. The Balaban J connectivity index is 0.00000132. The quantitative estimate of drug-likeness (QED) is 0.853. The second kappa shape index (κ2) is 9.44. The number of pyridine rings is 1. The van der Waals surface area contributed by atoms with E-state index in [0.29, 0.717) is 24.0 Å². The van der Waals surface area contributed by atoms with Crippen LogP contribution in [0.3, 0.4) is 0 Å². The van der Waals surface area contributed by atoms with Gasteiger partial charge < -0.3 is 10.6 Å². The monoisotopic (exact) mass is 358 g/mol. The van der Waals surface area contributed by atoms with Gasteiger partial charge in [-0.25, -0.2) is 14.6 Å². The highest BCUT2D eigenvalue weighted by molar-refractivity contribution is 5.92. The first kappa shape index (κ1) is 19.3. The molecule has 2 N–H and O–H groups in total. The molecule has 0 saturated carbocycles. The van der Waals surface area contributed by atoms with Crippen molar-refractivity contribution in [3.8, 4) is 5.82 Å². The number of carbonyl (C=O) groups excluding carboxylic acids is 1. The predicted octanol–water partition coefficient (Wildman–Crippen LogP) is 1.98. The van der Waals surface area contributed by atoms with E-state index in [2.05, 4.69) is 25.7 Å². The van der Waals surface area contributed by atoms with E-state index in [1.807, 2.05) is 6.07 Å². The lowest BCUT2D eigenvalue weighted by Crippen LogP contribution is -2.23. The van der Waals surface area contributed by atoms with Gasteiger partial charge in [-0.3, -0.25) is 4.79 Å². The maximum atomic E-state index is 12.1. The Hall–Kier alpha value is -1.70. The normalized spacial score (nSPS) is 16.3. The second-order valence-electron chi connectivity index (χ2n) is 5.09. The van der Waals surface area contributed by atoms with E-state index >= 15 is 0 Å². The Labute approximate surface area is 147 Å². The zero-order valence-electron chi connectivity index (χ0n) is 12.5. The maximum absolute atomic E-state index is 12.1. The van der Waals surface area contributed by atoms with Crippen molar-refractivity contribution < 1.29 is 4.79 Å². The van der Waals surface area contributed by atoms with E-state index in [4.69, 9.17) is 0 Å². The summed E-state index contributed by atoms with van der Waals surface area (Å²) in [5, 5.41) is 10.3. The van der Waals surface area contributed by atoms with Crippen LogP contribution in [0.2, 0.25) is 0 Å². The number of nitrogens with one attached hydrogen (secondary N) is 2. The SMILES string of the molecule is Cl.Cl.O=C(CCC1CCCN1)Nc1cccnc1-n1cncn1. The van der Waals surface area contributed by atoms with Gasteiger partial charge in [0, 0.05) is 18.7 Å². The molecular formula is C14H20Cl2N6O. The molecule has 2 aromatic heterocycles. The Morgan fingerprint density at radius 2 is 2.30 bits per heavy atom. The van der Waals surface area contributed by atoms with Crippen LogP contribution in [-0.2, 0) is 4.79 Å². The average molecular weight is 359 g/mol. The number of amides is 1. The third-order valence-corrected chi connectivity index (χ3v) is 3.58. The summed E-state index contributed by atoms with van der Waals surface area (Å²) < 4.78 is 1.54. The van der Waals surface area contributed by atoms with Crippen molar-refractivity contribution in [1.82, 2.24) is 25.1 Å². The molecule has 9 heteroatoms. The summed E-state index contributed by atoms with van der Waals surface area (Å²) in [6, 6.07) is 4.07. The third kappa shape index (κ3) is 5.16. The van der Waals surface area contributed by atoms with Gasteiger partial charge in [-0.1, -0.05) is 0 Å². The van der Waals surface area contributed by atoms with E-state index in [9.17, 15) is 4.79 Å². The molecule has 0 aliphatic carbocycles. The number of carbonyl (C=O) groups is 1. The highest BCUT2D eigenvalue weighted by atomic mass is 35.5. The zero-order chi connectivity index (χ0) is 14.5. The fourth-order valence-corrected chi connectivity index (χ4v) is 2.52. The molecule has 0 radical (unpaired) electrons. The smallest absolute Gasteiger partial charge is 0.224 e. The molecule has 1 atom stereocenters. The lowest BCUT2D eigenvalue weighted by atomic mass is 10.1. The second-order valence-corrected chi connectivity index (χ2v) is 5.09. The molecule has 0 aromatic carbocycles. The van der Waals surface area contributed by atoms with Crippen molar-refractivity contribution in [2.75, 3.05) is 11.9 Å². The first-order valence-corrected chi connectivity index (χ1v) is 7.16. The van der Waals surface area contributed by atoms with Gasteiger partial charge in [-0.05, 0) is 37.9 Å². The van der Waals surface area contributed by atoms with Gasteiger partial charge in [0.05, 0.1) is 5.69 Å². The molecule has 1 aliphatic heterocycles. The summed E-state index contributed by atoms with van der Waals surface area (Å²) in [7, 11) is 0. The molecule has 0 spiro atoms. The van der Waals surface area contributed by atoms with Gasteiger partial charge in [-0.2, -0.15) is 5.10 Å². The van der Waals surface area contributed by atoms with Crippen LogP contribution in [0.25, 0.3) is 5.82 Å². The Kier molecular flexibility index (Phi) is 7.94. The predicted molar refractivity (Wildman–Crippen MR) is 92.5 cm³/mol. The van der Waals surface area contributed by atoms with Crippen molar-refractivity contribution in [2.24, 2.45) is 0 Å². The summed E-state index contributed by atoms with van der Waals surface area (Å²) >= 11 is 0. The van der Waals surface area contributed by atoms with E-state index < -0.39 is 0 Å². The van der Waals surface area contributed by atoms with Crippen molar-refractivity contribution in [1.29, 1.82) is 0 Å². The summed E-state index contributed by atoms with van der Waals surface area (Å²) in [5.74, 6) is 0.570. The lowest BCUT2D eigenvalue weighted by Gasteiger charge is -2.11. The van der Waals surface area contributed by atoms with Crippen LogP contribution in [0.15, 0.2) is 31.0 Å². The molecule has 1 amide bonds. The summed E-state index contributed by atoms with van der Waals surface area (Å²) in [4.78, 5) is 20.2. The van der Waals surface area contributed by atoms with E-state index in [0.717, 1.165) is 19.4 Å². The van der Waals surface area contributed by atoms with Crippen LogP contribution < -0.4 is 10.6 Å². The van der Waals surface area contributed by atoms with Gasteiger partial charge in [0.25, 0.3) is 0 Å². The summed E-state index contributed by atoms with van der Waals surface area (Å²) in [6.07, 6.45) is 8.38. The van der Waals surface area contributed by atoms with E-state index in [1.54, 1.807) is 18.6 Å². The minimum atomic E-state index is -0.00179. The fourth-order valence-electron chi connectivity index (χ4n) is 2.52. The summed E-state index contributed by atoms with van der Waals surface area (Å²) in [6.45, 7) is 1.06. The van der Waals surface area contributed by atoms with Gasteiger partial charge in [0.15, 0.2) is 5.82 Å². The minimum absolute atomic E-state index is 0. The summed E-state index contributed by atoms with van der Waals surface area (Å²) in [5.41, 5.74) is 0.646. The van der Waals surface area contributed by atoms with Crippen molar-refractivity contribution in [2.45, 2.75) is 31.7 Å². The Morgan fingerprint density at radius 1 is 1.43 bits per heavy atom. The van der Waals surface area contributed by atoms with Crippen LogP contribution in [-0.4, -0.2) is 38.2 Å². The first-order chi connectivity index (χ1) is 10.3. The number of hydrogen-bond acceptors (Lipinski definition) is 5. The molecule has 1 saturated heterocycles. The molecule has 7 nitrogen and oxygen atoms in total. The number of nitrogens with zero attached hydrogens (tertiary/aromatic N) is 4. The topological polar surface area (TPSA) is 84.7 Å². The molecule has 2 aromatic rings. The molecule has 23 heavy (non-hydrogen) atoms. The number of rotatable bonds is 5. The number of hydrogen-bond donors (Lipinski definition) is 2. The van der Waals surface area contributed by atoms with Gasteiger partial charge >= 0.3 is 0 Å². The molecule has 3 heterocycles. The Bertz CT molecular complexity index is 601. The minimum Gasteiger partial charge on any atom is -0.323 e. The standard InChI is InChI=1S/C14H18N6O.2ClH/c21-13(6-5-11-3-1-7-16-11)19-12-4-2-8-17-14(12)20-10-15-9-18-20;;/h2,4,8-11,16H,1,3,5-7H2,(H,19,21);2*1H. The van der Waals surface area contributed by atoms with Crippen LogP contribution in [0.5, 0.6) is 0 Å². The van der Waals surface area contributed by atoms with Crippen molar-refractivity contribution in [3.63, 3.8) is 0 Å². The highest BCUT2D eigenvalue weighted by Crippen LogP contribution is 2.17. The first-order valence-electron chi connectivity index (χ1n) is 7.16. The maximum Gasteiger partial charge on any atom is 0.224 e. The van der Waals surface area contributed by atoms with Gasteiger partial charge in [-0.15, -0.1) is 24.8 Å². The van der Waals surface area contributed by atoms with Crippen LogP contribution in [0.4, 0.5) is 5.69 Å². The van der Waals surface area contributed by atoms with Gasteiger partial charge in [0.2, 0.25) is 5.91 Å². The van der Waals surface area contributed by atoms with Gasteiger partial charge in [0.1, 0.15) is 12.7 Å². The van der Waals surface area contributed by atoms with Crippen molar-refractivity contribution in [3.05, 3.63) is 31.0 Å². The fraction of sp³-hybridized carbons (Fsp3) is 0.429. The van der Waals surface area contributed by atoms with Crippen LogP contribution in [0.1, 0.15) is 25.7 Å². The molecule has 126 valence electrons. The van der Waals surface area contributed by atoms with E-state index in [-0.39, 0.29) is 30.7 Å². The van der Waals surface area contributed by atoms with Crippen LogP contribution >= 0.6 is 24.8 Å².